The summed E-state index contributed by atoms with van der Waals surface area (Å²) in [5.41, 5.74) is 2.16. The van der Waals surface area contributed by atoms with E-state index < -0.39 is 5.60 Å². The van der Waals surface area contributed by atoms with Crippen LogP contribution in [0.2, 0.25) is 0 Å². The maximum Gasteiger partial charge on any atom is 0.410 e. The zero-order chi connectivity index (χ0) is 27.2. The Morgan fingerprint density at radius 3 is 2.61 bits per heavy atom. The number of carbonyl (C=O) groups is 1. The summed E-state index contributed by atoms with van der Waals surface area (Å²) in [7, 11) is 1.62. The third-order valence-corrected chi connectivity index (χ3v) is 6.81. The Balaban J connectivity index is 1.45. The smallest absolute Gasteiger partial charge is 0.410 e. The summed E-state index contributed by atoms with van der Waals surface area (Å²) in [6, 6.07) is 7.43. The number of fused-ring (bicyclic) bond motifs is 2. The number of furan rings is 1. The standard InChI is InChI=1S/C28H33N5O5/c1-16-13-32(27(35)38-28(3,4)5)14-17(2)33(16)15-20-22(36-6)10-9-19-24(34)23(37-25(19)20)12-21-18-8-7-11-29-26(18)31-30-21/h7-12,16-17,34H,13-15H2,1-6H3/t16-,17+. The predicted molar refractivity (Wildman–Crippen MR) is 143 cm³/mol. The number of ether oxygens (including phenoxy) is 2. The van der Waals surface area contributed by atoms with E-state index >= 15 is 0 Å². The summed E-state index contributed by atoms with van der Waals surface area (Å²) in [6.45, 7) is 11.4. The lowest BCUT2D eigenvalue weighted by molar-refractivity contribution is -0.00979. The van der Waals surface area contributed by atoms with Crippen LogP contribution in [0.25, 0.3) is 22.7 Å². The van der Waals surface area contributed by atoms with Crippen molar-refractivity contribution < 1.29 is 23.8 Å². The van der Waals surface area contributed by atoms with Crippen LogP contribution in [0.15, 0.2) is 45.1 Å². The largest absolute Gasteiger partial charge is 0.504 e. The van der Waals surface area contributed by atoms with Gasteiger partial charge in [0.2, 0.25) is 0 Å². The molecule has 0 saturated carbocycles. The molecule has 38 heavy (non-hydrogen) atoms. The first-order valence-electron chi connectivity index (χ1n) is 12.7. The molecule has 200 valence electrons. The molecule has 10 nitrogen and oxygen atoms in total. The average Bonchev–Trinajstić information content (AvgIpc) is 3.41. The highest BCUT2D eigenvalue weighted by Crippen LogP contribution is 2.42. The fraction of sp³-hybridized carbons (Fsp3) is 0.429. The summed E-state index contributed by atoms with van der Waals surface area (Å²) >= 11 is 0. The van der Waals surface area contributed by atoms with Crippen molar-refractivity contribution in [3.8, 4) is 11.5 Å². The number of pyridine rings is 1. The van der Waals surface area contributed by atoms with Crippen LogP contribution in [0.5, 0.6) is 11.5 Å². The quantitative estimate of drug-likeness (QED) is 0.452. The fourth-order valence-electron chi connectivity index (χ4n) is 5.03. The van der Waals surface area contributed by atoms with E-state index in [1.165, 1.54) is 0 Å². The maximum atomic E-state index is 12.7. The fourth-order valence-corrected chi connectivity index (χ4v) is 5.03. The van der Waals surface area contributed by atoms with Crippen molar-refractivity contribution in [2.24, 2.45) is 10.2 Å². The minimum atomic E-state index is -0.545. The van der Waals surface area contributed by atoms with E-state index in [-0.39, 0.29) is 29.7 Å². The minimum Gasteiger partial charge on any atom is -0.504 e. The molecule has 5 rings (SSSR count). The Morgan fingerprint density at radius 1 is 1.18 bits per heavy atom. The first kappa shape index (κ1) is 25.7. The van der Waals surface area contributed by atoms with Crippen molar-refractivity contribution in [2.45, 2.75) is 58.8 Å². The zero-order valence-corrected chi connectivity index (χ0v) is 22.6. The predicted octanol–water partition coefficient (Wildman–Crippen LogP) is 5.97. The van der Waals surface area contributed by atoms with Gasteiger partial charge in [0.15, 0.2) is 17.3 Å². The average molecular weight is 520 g/mol. The van der Waals surface area contributed by atoms with Gasteiger partial charge in [-0.2, -0.15) is 0 Å². The van der Waals surface area contributed by atoms with Crippen LogP contribution in [0.1, 0.15) is 51.5 Å². The van der Waals surface area contributed by atoms with E-state index in [1.807, 2.05) is 39.0 Å². The molecule has 1 N–H and O–H groups in total. The van der Waals surface area contributed by atoms with Gasteiger partial charge in [-0.25, -0.2) is 9.78 Å². The number of piperazine rings is 1. The van der Waals surface area contributed by atoms with Crippen molar-refractivity contribution in [3.05, 3.63) is 47.3 Å². The van der Waals surface area contributed by atoms with Crippen molar-refractivity contribution in [1.82, 2.24) is 14.8 Å². The molecule has 0 radical (unpaired) electrons. The van der Waals surface area contributed by atoms with E-state index in [9.17, 15) is 9.90 Å². The van der Waals surface area contributed by atoms with Crippen LogP contribution in [0, 0.1) is 0 Å². The monoisotopic (exact) mass is 519 g/mol. The molecular weight excluding hydrogens is 486 g/mol. The molecule has 1 fully saturated rings. The van der Waals surface area contributed by atoms with Gasteiger partial charge in [0, 0.05) is 49.6 Å². The van der Waals surface area contributed by atoms with E-state index in [2.05, 4.69) is 34.0 Å². The molecule has 2 aromatic heterocycles. The summed E-state index contributed by atoms with van der Waals surface area (Å²) in [6.07, 6.45) is 3.03. The second-order valence-electron chi connectivity index (χ2n) is 10.8. The number of aromatic hydroxyl groups is 1. The van der Waals surface area contributed by atoms with Crippen LogP contribution in [-0.4, -0.2) is 63.9 Å². The van der Waals surface area contributed by atoms with Gasteiger partial charge in [-0.1, -0.05) is 0 Å². The molecule has 4 heterocycles. The molecule has 0 spiro atoms. The van der Waals surface area contributed by atoms with Gasteiger partial charge in [0.05, 0.1) is 18.1 Å². The highest BCUT2D eigenvalue weighted by molar-refractivity contribution is 5.95. The molecule has 0 unspecified atom stereocenters. The Hall–Kier alpha value is -3.92. The molecular formula is C28H33N5O5. The number of rotatable bonds is 4. The van der Waals surface area contributed by atoms with Crippen molar-refractivity contribution in [2.75, 3.05) is 20.2 Å². The topological polar surface area (TPSA) is 113 Å². The van der Waals surface area contributed by atoms with Crippen molar-refractivity contribution in [1.29, 1.82) is 0 Å². The number of amides is 1. The Bertz CT molecular complexity index is 1430. The number of azo groups is 1. The highest BCUT2D eigenvalue weighted by Gasteiger charge is 2.35. The van der Waals surface area contributed by atoms with Crippen LogP contribution < -0.4 is 4.74 Å². The molecule has 0 aliphatic carbocycles. The Kier molecular flexibility index (Phi) is 6.60. The minimum absolute atomic E-state index is 0.0276. The molecule has 1 aromatic carbocycles. The number of benzene rings is 1. The van der Waals surface area contributed by atoms with Gasteiger partial charge in [-0.3, -0.25) is 4.90 Å². The molecule has 1 amide bonds. The SMILES string of the molecule is COc1ccc2c(O)c(C=C3N=Nc4ncccc43)oc2c1CN1[C@H](C)CN(C(=O)OC(C)(C)C)C[C@@H]1C. The van der Waals surface area contributed by atoms with E-state index in [0.29, 0.717) is 47.9 Å². The Morgan fingerprint density at radius 2 is 1.92 bits per heavy atom. The van der Waals surface area contributed by atoms with E-state index in [4.69, 9.17) is 13.9 Å². The lowest BCUT2D eigenvalue weighted by atomic mass is 10.0. The molecule has 2 atom stereocenters. The van der Waals surface area contributed by atoms with E-state index in [1.54, 1.807) is 30.3 Å². The van der Waals surface area contributed by atoms with Crippen molar-refractivity contribution >= 4 is 34.7 Å². The van der Waals surface area contributed by atoms with Gasteiger partial charge < -0.3 is 23.9 Å². The normalized spacial score (nSPS) is 20.8. The molecule has 0 bridgehead atoms. The third kappa shape index (κ3) is 4.83. The number of nitrogens with zero attached hydrogens (tertiary/aromatic N) is 5. The second-order valence-corrected chi connectivity index (χ2v) is 10.8. The zero-order valence-electron chi connectivity index (χ0n) is 22.6. The molecule has 1 saturated heterocycles. The number of hydrogen-bond donors (Lipinski definition) is 1. The molecule has 3 aromatic rings. The first-order valence-corrected chi connectivity index (χ1v) is 12.7. The summed E-state index contributed by atoms with van der Waals surface area (Å²) in [5.74, 6) is 1.51. The van der Waals surface area contributed by atoms with Gasteiger partial charge in [0.25, 0.3) is 0 Å². The summed E-state index contributed by atoms with van der Waals surface area (Å²) in [5, 5.41) is 19.9. The van der Waals surface area contributed by atoms with Gasteiger partial charge in [0.1, 0.15) is 22.6 Å². The first-order chi connectivity index (χ1) is 18.1. The summed E-state index contributed by atoms with van der Waals surface area (Å²) < 4.78 is 17.5. The molecule has 2 aliphatic heterocycles. The molecule has 2 aliphatic rings. The van der Waals surface area contributed by atoms with Crippen LogP contribution in [0.3, 0.4) is 0 Å². The van der Waals surface area contributed by atoms with Crippen molar-refractivity contribution in [3.63, 3.8) is 0 Å². The van der Waals surface area contributed by atoms with Gasteiger partial charge in [-0.15, -0.1) is 10.2 Å². The lowest BCUT2D eigenvalue weighted by Crippen LogP contribution is -2.58. The summed E-state index contributed by atoms with van der Waals surface area (Å²) in [4.78, 5) is 21.0. The number of hydrogen-bond acceptors (Lipinski definition) is 9. The van der Waals surface area contributed by atoms with Crippen LogP contribution >= 0.6 is 0 Å². The second kappa shape index (κ2) is 9.75. The number of aromatic nitrogens is 1. The lowest BCUT2D eigenvalue weighted by Gasteiger charge is -2.44. The van der Waals surface area contributed by atoms with Gasteiger partial charge >= 0.3 is 6.09 Å². The van der Waals surface area contributed by atoms with Crippen LogP contribution in [0.4, 0.5) is 10.6 Å². The highest BCUT2D eigenvalue weighted by atomic mass is 16.6. The molecule has 10 heteroatoms. The number of carbonyl (C=O) groups excluding carboxylic acids is 1. The van der Waals surface area contributed by atoms with E-state index in [0.717, 1.165) is 11.1 Å². The third-order valence-electron chi connectivity index (χ3n) is 6.81. The number of methoxy groups -OCH3 is 1. The maximum absolute atomic E-state index is 12.7. The van der Waals surface area contributed by atoms with Crippen LogP contribution in [-0.2, 0) is 11.3 Å². The van der Waals surface area contributed by atoms with Gasteiger partial charge in [-0.05, 0) is 58.9 Å². The Labute approximate surface area is 221 Å².